The van der Waals surface area contributed by atoms with Crippen LogP contribution in [-0.2, 0) is 12.0 Å². The monoisotopic (exact) mass is 272 g/mol. The highest BCUT2D eigenvalue weighted by atomic mass is 15.4. The Morgan fingerprint density at radius 1 is 1.20 bits per heavy atom. The number of nitrogens with zero attached hydrogens (tertiary/aromatic N) is 3. The molecule has 1 aromatic heterocycles. The van der Waals surface area contributed by atoms with Crippen LogP contribution >= 0.6 is 0 Å². The van der Waals surface area contributed by atoms with E-state index in [2.05, 4.69) is 68.4 Å². The Labute approximate surface area is 121 Å². The van der Waals surface area contributed by atoms with Crippen LogP contribution in [0.4, 0.5) is 0 Å². The van der Waals surface area contributed by atoms with Crippen LogP contribution in [0.25, 0.3) is 5.69 Å². The van der Waals surface area contributed by atoms with E-state index in [4.69, 9.17) is 0 Å². The summed E-state index contributed by atoms with van der Waals surface area (Å²) in [5.41, 5.74) is 3.54. The number of rotatable bonds is 4. The van der Waals surface area contributed by atoms with Crippen molar-refractivity contribution in [2.75, 3.05) is 0 Å². The summed E-state index contributed by atoms with van der Waals surface area (Å²) in [5.74, 6) is 0. The van der Waals surface area contributed by atoms with Crippen molar-refractivity contribution in [3.63, 3.8) is 0 Å². The summed E-state index contributed by atoms with van der Waals surface area (Å²) >= 11 is 0. The molecule has 0 saturated heterocycles. The minimum absolute atomic E-state index is 0.0747. The largest absolute Gasteiger partial charge is 0.309 e. The Bertz CT molecular complexity index is 564. The highest BCUT2D eigenvalue weighted by Crippen LogP contribution is 2.28. The molecule has 0 unspecified atom stereocenters. The summed E-state index contributed by atoms with van der Waals surface area (Å²) in [4.78, 5) is 0. The van der Waals surface area contributed by atoms with Crippen LogP contribution in [0.3, 0.4) is 0 Å². The molecule has 4 nitrogen and oxygen atoms in total. The molecule has 1 N–H and O–H groups in total. The molecule has 0 aliphatic carbocycles. The highest BCUT2D eigenvalue weighted by Gasteiger charge is 2.20. The summed E-state index contributed by atoms with van der Waals surface area (Å²) in [6.07, 6.45) is 1.83. The summed E-state index contributed by atoms with van der Waals surface area (Å²) in [6.45, 7) is 11.7. The van der Waals surface area contributed by atoms with Crippen LogP contribution in [0.15, 0.2) is 30.5 Å². The van der Waals surface area contributed by atoms with Gasteiger partial charge in [-0.1, -0.05) is 58.0 Å². The first-order valence-corrected chi connectivity index (χ1v) is 7.12. The zero-order chi connectivity index (χ0) is 14.8. The van der Waals surface area contributed by atoms with E-state index >= 15 is 0 Å². The fraction of sp³-hybridized carbons (Fsp3) is 0.500. The maximum Gasteiger partial charge on any atom is 0.0783 e. The molecule has 0 aliphatic heterocycles. The van der Waals surface area contributed by atoms with Crippen molar-refractivity contribution in [2.45, 2.75) is 52.6 Å². The van der Waals surface area contributed by atoms with Gasteiger partial charge in [0.05, 0.1) is 17.6 Å². The second-order valence-corrected chi connectivity index (χ2v) is 6.44. The molecule has 0 amide bonds. The molecular formula is C16H24N4. The molecule has 0 aliphatic rings. The lowest BCUT2D eigenvalue weighted by molar-refractivity contribution is 0.559. The van der Waals surface area contributed by atoms with Crippen molar-refractivity contribution in [2.24, 2.45) is 0 Å². The van der Waals surface area contributed by atoms with Gasteiger partial charge >= 0.3 is 0 Å². The molecule has 0 bridgehead atoms. The number of hydrogen-bond donors (Lipinski definition) is 1. The van der Waals surface area contributed by atoms with Gasteiger partial charge in [-0.3, -0.25) is 0 Å². The van der Waals surface area contributed by atoms with E-state index in [0.717, 1.165) is 17.9 Å². The number of benzene rings is 1. The van der Waals surface area contributed by atoms with Gasteiger partial charge in [0.2, 0.25) is 0 Å². The normalized spacial score (nSPS) is 12.1. The molecule has 0 spiro atoms. The van der Waals surface area contributed by atoms with Gasteiger partial charge in [-0.2, -0.15) is 0 Å². The van der Waals surface area contributed by atoms with Crippen LogP contribution < -0.4 is 5.32 Å². The van der Waals surface area contributed by atoms with E-state index in [1.807, 2.05) is 16.9 Å². The highest BCUT2D eigenvalue weighted by molar-refractivity contribution is 5.45. The minimum atomic E-state index is 0.0747. The van der Waals surface area contributed by atoms with Crippen molar-refractivity contribution in [3.8, 4) is 5.69 Å². The second kappa shape index (κ2) is 5.75. The fourth-order valence-electron chi connectivity index (χ4n) is 2.18. The van der Waals surface area contributed by atoms with Gasteiger partial charge in [-0.15, -0.1) is 5.10 Å². The molecule has 2 aromatic rings. The molecule has 1 aromatic carbocycles. The first-order valence-electron chi connectivity index (χ1n) is 7.12. The van der Waals surface area contributed by atoms with Crippen LogP contribution in [0.1, 0.15) is 45.9 Å². The molecule has 0 fully saturated rings. The second-order valence-electron chi connectivity index (χ2n) is 6.44. The Hall–Kier alpha value is -1.68. The summed E-state index contributed by atoms with van der Waals surface area (Å²) in [5, 5.41) is 11.8. The quantitative estimate of drug-likeness (QED) is 0.930. The van der Waals surface area contributed by atoms with Crippen molar-refractivity contribution in [3.05, 3.63) is 41.7 Å². The predicted molar refractivity (Wildman–Crippen MR) is 82.0 cm³/mol. The number of hydrogen-bond acceptors (Lipinski definition) is 3. The zero-order valence-electron chi connectivity index (χ0n) is 13.0. The van der Waals surface area contributed by atoms with Gasteiger partial charge in [0, 0.05) is 12.6 Å². The van der Waals surface area contributed by atoms with Crippen molar-refractivity contribution in [1.29, 1.82) is 0 Å². The Kier molecular flexibility index (Phi) is 4.23. The molecule has 4 heteroatoms. The van der Waals surface area contributed by atoms with Gasteiger partial charge < -0.3 is 5.32 Å². The minimum Gasteiger partial charge on any atom is -0.309 e. The zero-order valence-corrected chi connectivity index (χ0v) is 13.0. The fourth-order valence-corrected chi connectivity index (χ4v) is 2.18. The van der Waals surface area contributed by atoms with Gasteiger partial charge in [0.25, 0.3) is 0 Å². The number of nitrogens with one attached hydrogen (secondary N) is 1. The number of aromatic nitrogens is 3. The van der Waals surface area contributed by atoms with Crippen LogP contribution in [0.2, 0.25) is 0 Å². The molecular weight excluding hydrogens is 248 g/mol. The third kappa shape index (κ3) is 3.25. The summed E-state index contributed by atoms with van der Waals surface area (Å²) < 4.78 is 1.94. The van der Waals surface area contributed by atoms with Gasteiger partial charge in [-0.05, 0) is 17.0 Å². The van der Waals surface area contributed by atoms with E-state index in [0.29, 0.717) is 6.04 Å². The molecule has 108 valence electrons. The average molecular weight is 272 g/mol. The maximum atomic E-state index is 4.27. The molecule has 0 radical (unpaired) electrons. The SMILES string of the molecule is CC(C)NCc1cnnn1-c1ccccc1C(C)(C)C. The van der Waals surface area contributed by atoms with Gasteiger partial charge in [0.15, 0.2) is 0 Å². The van der Waals surface area contributed by atoms with Crippen molar-refractivity contribution >= 4 is 0 Å². The summed E-state index contributed by atoms with van der Waals surface area (Å²) in [7, 11) is 0. The van der Waals surface area contributed by atoms with Crippen LogP contribution in [0, 0.1) is 0 Å². The molecule has 0 atom stereocenters. The molecule has 20 heavy (non-hydrogen) atoms. The topological polar surface area (TPSA) is 42.7 Å². The van der Waals surface area contributed by atoms with E-state index in [1.165, 1.54) is 5.56 Å². The molecule has 1 heterocycles. The van der Waals surface area contributed by atoms with Gasteiger partial charge in [0.1, 0.15) is 0 Å². The van der Waals surface area contributed by atoms with E-state index in [-0.39, 0.29) is 5.41 Å². The van der Waals surface area contributed by atoms with Crippen molar-refractivity contribution < 1.29 is 0 Å². The Balaban J connectivity index is 2.40. The third-order valence-corrected chi connectivity index (χ3v) is 3.25. The number of para-hydroxylation sites is 1. The average Bonchev–Trinajstić information content (AvgIpc) is 2.83. The molecule has 2 rings (SSSR count). The first-order chi connectivity index (χ1) is 9.39. The lowest BCUT2D eigenvalue weighted by atomic mass is 9.86. The van der Waals surface area contributed by atoms with Crippen LogP contribution in [-0.4, -0.2) is 21.0 Å². The third-order valence-electron chi connectivity index (χ3n) is 3.25. The van der Waals surface area contributed by atoms with Crippen LogP contribution in [0.5, 0.6) is 0 Å². The first kappa shape index (κ1) is 14.7. The predicted octanol–water partition coefficient (Wildman–Crippen LogP) is 3.06. The van der Waals surface area contributed by atoms with Crippen molar-refractivity contribution in [1.82, 2.24) is 20.3 Å². The maximum absolute atomic E-state index is 4.27. The van der Waals surface area contributed by atoms with E-state index in [9.17, 15) is 0 Å². The lowest BCUT2D eigenvalue weighted by Gasteiger charge is -2.23. The lowest BCUT2D eigenvalue weighted by Crippen LogP contribution is -2.24. The molecule has 0 saturated carbocycles. The summed E-state index contributed by atoms with van der Waals surface area (Å²) in [6, 6.07) is 8.83. The van der Waals surface area contributed by atoms with E-state index < -0.39 is 0 Å². The Morgan fingerprint density at radius 2 is 1.90 bits per heavy atom. The standard InChI is InChI=1S/C16H24N4/c1-12(2)17-10-13-11-18-19-20(13)15-9-7-6-8-14(15)16(3,4)5/h6-9,11-12,17H,10H2,1-5H3. The van der Waals surface area contributed by atoms with E-state index in [1.54, 1.807) is 0 Å². The van der Waals surface area contributed by atoms with Gasteiger partial charge in [-0.25, -0.2) is 4.68 Å². The smallest absolute Gasteiger partial charge is 0.0783 e. The Morgan fingerprint density at radius 3 is 2.55 bits per heavy atom.